The van der Waals surface area contributed by atoms with Crippen molar-refractivity contribution in [3.8, 4) is 11.1 Å². The first kappa shape index (κ1) is 30.3. The number of aryl methyl sites for hydroxylation is 3. The molecule has 230 valence electrons. The van der Waals surface area contributed by atoms with Crippen LogP contribution in [0.2, 0.25) is 0 Å². The van der Waals surface area contributed by atoms with Crippen molar-refractivity contribution in [3.63, 3.8) is 0 Å². The van der Waals surface area contributed by atoms with E-state index in [9.17, 15) is 9.59 Å². The highest BCUT2D eigenvalue weighted by Gasteiger charge is 2.21. The first-order valence-corrected chi connectivity index (χ1v) is 15.6. The van der Waals surface area contributed by atoms with E-state index in [1.807, 2.05) is 72.4 Å². The highest BCUT2D eigenvalue weighted by molar-refractivity contribution is 6.04. The minimum absolute atomic E-state index is 0.119. The van der Waals surface area contributed by atoms with E-state index in [0.717, 1.165) is 66.0 Å². The van der Waals surface area contributed by atoms with Crippen LogP contribution in [0.4, 0.5) is 5.69 Å². The molecular weight excluding hydrogens is 560 g/mol. The van der Waals surface area contributed by atoms with Gasteiger partial charge in [0.2, 0.25) is 5.43 Å². The molecule has 1 saturated heterocycles. The Morgan fingerprint density at radius 1 is 0.889 bits per heavy atom. The molecule has 7 heteroatoms. The lowest BCUT2D eigenvalue weighted by Crippen LogP contribution is -2.36. The summed E-state index contributed by atoms with van der Waals surface area (Å²) in [6.07, 6.45) is 9.19. The largest absolute Gasteiger partial charge is 0.381 e. The van der Waals surface area contributed by atoms with Crippen LogP contribution in [0.1, 0.15) is 51.0 Å². The highest BCUT2D eigenvalue weighted by atomic mass is 16.5. The van der Waals surface area contributed by atoms with Crippen molar-refractivity contribution in [2.45, 2.75) is 46.3 Å². The van der Waals surface area contributed by atoms with Crippen molar-refractivity contribution >= 4 is 22.7 Å². The van der Waals surface area contributed by atoms with Gasteiger partial charge in [-0.05, 0) is 85.6 Å². The molecule has 4 aromatic rings. The van der Waals surface area contributed by atoms with Crippen LogP contribution >= 0.6 is 0 Å². The summed E-state index contributed by atoms with van der Waals surface area (Å²) in [6.45, 7) is 8.39. The maximum absolute atomic E-state index is 13.7. The average Bonchev–Trinajstić information content (AvgIpc) is 3.03. The van der Waals surface area contributed by atoms with Crippen LogP contribution in [0.25, 0.3) is 22.3 Å². The second kappa shape index (κ2) is 13.1. The van der Waals surface area contributed by atoms with Crippen molar-refractivity contribution < 1.29 is 9.53 Å². The zero-order valence-corrected chi connectivity index (χ0v) is 26.1. The maximum Gasteiger partial charge on any atom is 0.261 e. The summed E-state index contributed by atoms with van der Waals surface area (Å²) < 4.78 is 7.53. The van der Waals surface area contributed by atoms with Gasteiger partial charge in [0, 0.05) is 49.6 Å². The third kappa shape index (κ3) is 7.00. The first-order valence-electron chi connectivity index (χ1n) is 15.6. The van der Waals surface area contributed by atoms with Gasteiger partial charge in [-0.2, -0.15) is 0 Å². The summed E-state index contributed by atoms with van der Waals surface area (Å²) in [5, 5.41) is 6.24. The molecule has 0 radical (unpaired) electrons. The van der Waals surface area contributed by atoms with E-state index in [0.29, 0.717) is 17.2 Å². The lowest BCUT2D eigenvalue weighted by atomic mass is 9.93. The molecule has 0 aliphatic carbocycles. The number of nitrogens with two attached hydrogens (primary N) is 1. The Morgan fingerprint density at radius 2 is 1.56 bits per heavy atom. The van der Waals surface area contributed by atoms with Crippen molar-refractivity contribution in [1.29, 1.82) is 0 Å². The predicted molar refractivity (Wildman–Crippen MR) is 182 cm³/mol. The molecule has 2 aliphatic heterocycles. The van der Waals surface area contributed by atoms with Gasteiger partial charge in [0.15, 0.2) is 0 Å². The molecule has 7 nitrogen and oxygen atoms in total. The van der Waals surface area contributed by atoms with Crippen LogP contribution in [0, 0.1) is 26.7 Å². The fourth-order valence-electron chi connectivity index (χ4n) is 6.15. The fourth-order valence-corrected chi connectivity index (χ4v) is 6.15. The first-order chi connectivity index (χ1) is 21.7. The van der Waals surface area contributed by atoms with Crippen LogP contribution in [0.5, 0.6) is 0 Å². The Bertz CT molecular complexity index is 1810. The number of anilines is 1. The molecule has 3 aromatic carbocycles. The number of ether oxygens (including phenoxy) is 1. The van der Waals surface area contributed by atoms with Gasteiger partial charge in [0.25, 0.3) is 5.91 Å². The van der Waals surface area contributed by atoms with Gasteiger partial charge in [0.1, 0.15) is 11.7 Å². The van der Waals surface area contributed by atoms with Gasteiger partial charge in [-0.1, -0.05) is 71.3 Å². The average molecular weight is 601 g/mol. The molecule has 4 N–H and O–H groups in total. The Morgan fingerprint density at radius 3 is 2.24 bits per heavy atom. The molecule has 6 rings (SSSR count). The monoisotopic (exact) mass is 600 g/mol. The van der Waals surface area contributed by atoms with Crippen LogP contribution < -0.4 is 21.8 Å². The van der Waals surface area contributed by atoms with Crippen molar-refractivity contribution in [2.24, 2.45) is 11.7 Å². The van der Waals surface area contributed by atoms with Gasteiger partial charge < -0.3 is 25.7 Å². The fraction of sp³-hybridized carbons (Fsp3) is 0.263. The van der Waals surface area contributed by atoms with E-state index in [2.05, 4.69) is 48.8 Å². The number of carbonyl (C=O) groups is 1. The standard InChI is InChI=1S/C38H40N4O3/c1-24-4-6-29(7-5-24)34-22-42(21-27-12-14-45-15-13-27)23-35(36(34)43)38(44)41-32-10-8-28(9-11-32)33-19-31(20-40-37(33)39)30-17-25(2)16-26(3)18-30/h4-11,16-20,22-23,27,37,40H,12-15,21,39H2,1-3H3,(H,41,44). The molecular formula is C38H40N4O3. The number of rotatable bonds is 7. The summed E-state index contributed by atoms with van der Waals surface area (Å²) in [7, 11) is 0. The summed E-state index contributed by atoms with van der Waals surface area (Å²) in [6, 6.07) is 21.9. The minimum atomic E-state index is -0.433. The van der Waals surface area contributed by atoms with Gasteiger partial charge in [0.05, 0.1) is 0 Å². The molecule has 1 amide bonds. The summed E-state index contributed by atoms with van der Waals surface area (Å²) >= 11 is 0. The van der Waals surface area contributed by atoms with E-state index >= 15 is 0 Å². The number of dihydropyridines is 1. The molecule has 1 atom stereocenters. The second-order valence-corrected chi connectivity index (χ2v) is 12.3. The molecule has 1 unspecified atom stereocenters. The highest BCUT2D eigenvalue weighted by Crippen LogP contribution is 2.29. The minimum Gasteiger partial charge on any atom is -0.381 e. The molecule has 45 heavy (non-hydrogen) atoms. The molecule has 0 spiro atoms. The topological polar surface area (TPSA) is 98.4 Å². The van der Waals surface area contributed by atoms with Crippen molar-refractivity contribution in [2.75, 3.05) is 18.5 Å². The molecule has 0 saturated carbocycles. The number of allylic oxidation sites excluding steroid dienone is 2. The van der Waals surface area contributed by atoms with Crippen LogP contribution in [0.3, 0.4) is 0 Å². The zero-order chi connectivity index (χ0) is 31.5. The summed E-state index contributed by atoms with van der Waals surface area (Å²) in [5.74, 6) is -0.00597. The van der Waals surface area contributed by atoms with E-state index in [1.54, 1.807) is 6.20 Å². The molecule has 2 aliphatic rings. The normalized spacial score (nSPS) is 16.8. The van der Waals surface area contributed by atoms with Gasteiger partial charge in [-0.15, -0.1) is 0 Å². The maximum atomic E-state index is 13.7. The number of nitrogens with one attached hydrogen (secondary N) is 2. The van der Waals surface area contributed by atoms with Crippen LogP contribution in [0.15, 0.2) is 96.2 Å². The van der Waals surface area contributed by atoms with Gasteiger partial charge in [-0.3, -0.25) is 9.59 Å². The number of benzene rings is 3. The molecule has 0 bridgehead atoms. The Labute approximate surface area is 264 Å². The number of pyridine rings is 1. The Hall–Kier alpha value is -4.72. The Balaban J connectivity index is 1.25. The number of hydrogen-bond donors (Lipinski definition) is 3. The molecule has 3 heterocycles. The van der Waals surface area contributed by atoms with E-state index in [-0.39, 0.29) is 17.2 Å². The van der Waals surface area contributed by atoms with E-state index < -0.39 is 5.91 Å². The van der Waals surface area contributed by atoms with Crippen molar-refractivity contribution in [3.05, 3.63) is 135 Å². The van der Waals surface area contributed by atoms with Gasteiger partial charge >= 0.3 is 0 Å². The third-order valence-electron chi connectivity index (χ3n) is 8.59. The predicted octanol–water partition coefficient (Wildman–Crippen LogP) is 6.43. The van der Waals surface area contributed by atoms with Crippen LogP contribution in [-0.4, -0.2) is 29.9 Å². The van der Waals surface area contributed by atoms with Crippen molar-refractivity contribution in [1.82, 2.24) is 9.88 Å². The molecule has 1 aromatic heterocycles. The second-order valence-electron chi connectivity index (χ2n) is 12.3. The van der Waals surface area contributed by atoms with Gasteiger partial charge in [-0.25, -0.2) is 0 Å². The number of amides is 1. The number of nitrogens with zero attached hydrogens (tertiary/aromatic N) is 1. The van der Waals surface area contributed by atoms with E-state index in [4.69, 9.17) is 10.5 Å². The van der Waals surface area contributed by atoms with E-state index in [1.165, 1.54) is 11.1 Å². The number of hydrogen-bond acceptors (Lipinski definition) is 5. The quantitative estimate of drug-likeness (QED) is 0.227. The van der Waals surface area contributed by atoms with Crippen LogP contribution in [-0.2, 0) is 11.3 Å². The lowest BCUT2D eigenvalue weighted by Gasteiger charge is -2.24. The SMILES string of the molecule is Cc1ccc(-c2cn(CC3CCOCC3)cc(C(=O)Nc3ccc(C4=CC(c5cc(C)cc(C)c5)=CNC4N)cc3)c2=O)cc1. The lowest BCUT2D eigenvalue weighted by molar-refractivity contribution is 0.0612. The summed E-state index contributed by atoms with van der Waals surface area (Å²) in [5.41, 5.74) is 15.8. The third-order valence-corrected chi connectivity index (χ3v) is 8.59. The number of aromatic nitrogens is 1. The summed E-state index contributed by atoms with van der Waals surface area (Å²) in [4.78, 5) is 27.3. The smallest absolute Gasteiger partial charge is 0.261 e. The zero-order valence-electron chi connectivity index (χ0n) is 26.1. The number of carbonyl (C=O) groups excluding carboxylic acids is 1. The molecule has 1 fully saturated rings. The Kier molecular flexibility index (Phi) is 8.83.